The second kappa shape index (κ2) is 2.68. The Hall–Kier alpha value is -1.22. The summed E-state index contributed by atoms with van der Waals surface area (Å²) in [6.45, 7) is 0. The quantitative estimate of drug-likeness (QED) is 0.539. The van der Waals surface area contributed by atoms with E-state index in [4.69, 9.17) is 5.11 Å². The Morgan fingerprint density at radius 3 is 3.08 bits per heavy atom. The Kier molecular flexibility index (Phi) is 1.66. The zero-order valence-corrected chi connectivity index (χ0v) is 6.62. The second-order valence-electron chi connectivity index (χ2n) is 3.04. The summed E-state index contributed by atoms with van der Waals surface area (Å²) in [5.74, 6) is 0.232. The van der Waals surface area contributed by atoms with Gasteiger partial charge in [0.2, 0.25) is 0 Å². The van der Waals surface area contributed by atoms with Crippen LogP contribution in [0, 0.1) is 0 Å². The molecule has 3 heteroatoms. The molecule has 0 aliphatic carbocycles. The summed E-state index contributed by atoms with van der Waals surface area (Å²) in [5.41, 5.74) is 1.99. The van der Waals surface area contributed by atoms with E-state index in [1.807, 2.05) is 6.07 Å². The lowest BCUT2D eigenvalue weighted by atomic mass is 10.0. The lowest BCUT2D eigenvalue weighted by molar-refractivity contribution is 0.189. The van der Waals surface area contributed by atoms with Gasteiger partial charge in [-0.25, -0.2) is 0 Å². The molecule has 1 aromatic carbocycles. The number of phenols is 1. The van der Waals surface area contributed by atoms with E-state index in [0.717, 1.165) is 24.1 Å². The topological polar surface area (TPSA) is 52.5 Å². The normalized spacial score (nSPS) is 21.2. The van der Waals surface area contributed by atoms with Crippen molar-refractivity contribution in [2.24, 2.45) is 0 Å². The number of aliphatic hydroxyl groups is 1. The van der Waals surface area contributed by atoms with Crippen molar-refractivity contribution in [3.63, 3.8) is 0 Å². The lowest BCUT2D eigenvalue weighted by Crippen LogP contribution is -2.24. The maximum Gasteiger partial charge on any atom is 0.124 e. The molecule has 0 amide bonds. The molecule has 0 fully saturated rings. The van der Waals surface area contributed by atoms with Gasteiger partial charge in [-0.3, -0.25) is 0 Å². The summed E-state index contributed by atoms with van der Waals surface area (Å²) in [6.07, 6.45) is 1.13. The molecule has 0 bridgehead atoms. The van der Waals surface area contributed by atoms with Gasteiger partial charge in [0, 0.05) is 11.8 Å². The first-order valence-corrected chi connectivity index (χ1v) is 4.02. The highest BCUT2D eigenvalue weighted by molar-refractivity contribution is 5.56. The molecular formula is C9H11NO2. The van der Waals surface area contributed by atoms with Gasteiger partial charge in [0.05, 0.1) is 0 Å². The number of benzene rings is 1. The minimum Gasteiger partial charge on any atom is -0.508 e. The van der Waals surface area contributed by atoms with Gasteiger partial charge >= 0.3 is 0 Å². The predicted octanol–water partition coefficient (Wildman–Crippen LogP) is 1.07. The zero-order valence-electron chi connectivity index (χ0n) is 6.62. The van der Waals surface area contributed by atoms with Gasteiger partial charge in [-0.1, -0.05) is 6.07 Å². The molecule has 3 N–H and O–H groups in total. The number of hydrogen-bond acceptors (Lipinski definition) is 3. The minimum atomic E-state index is -0.473. The first-order valence-electron chi connectivity index (χ1n) is 4.02. The van der Waals surface area contributed by atoms with Crippen LogP contribution in [0.4, 0.5) is 5.69 Å². The average Bonchev–Trinajstić information content (AvgIpc) is 2.03. The SMILES string of the molecule is Oc1ccc2c(c1)NC(O)CC2. The molecule has 0 saturated heterocycles. The van der Waals surface area contributed by atoms with Crippen LogP contribution in [0.5, 0.6) is 5.75 Å². The van der Waals surface area contributed by atoms with Crippen LogP contribution in [0.25, 0.3) is 0 Å². The third kappa shape index (κ3) is 1.23. The summed E-state index contributed by atoms with van der Waals surface area (Å²) in [5, 5.41) is 21.3. The predicted molar refractivity (Wildman–Crippen MR) is 46.1 cm³/mol. The molecule has 0 aromatic heterocycles. The summed E-state index contributed by atoms with van der Waals surface area (Å²) >= 11 is 0. The molecule has 1 aliphatic rings. The smallest absolute Gasteiger partial charge is 0.124 e. The van der Waals surface area contributed by atoms with Crippen molar-refractivity contribution in [1.82, 2.24) is 0 Å². The van der Waals surface area contributed by atoms with Gasteiger partial charge in [0.1, 0.15) is 12.0 Å². The Morgan fingerprint density at radius 1 is 1.42 bits per heavy atom. The number of aromatic hydroxyl groups is 1. The van der Waals surface area contributed by atoms with E-state index in [2.05, 4.69) is 5.32 Å². The van der Waals surface area contributed by atoms with Crippen molar-refractivity contribution in [3.8, 4) is 5.75 Å². The van der Waals surface area contributed by atoms with E-state index in [1.165, 1.54) is 0 Å². The van der Waals surface area contributed by atoms with Gasteiger partial charge in [-0.15, -0.1) is 0 Å². The molecule has 1 unspecified atom stereocenters. The Balaban J connectivity index is 2.37. The fraction of sp³-hybridized carbons (Fsp3) is 0.333. The van der Waals surface area contributed by atoms with Crippen LogP contribution in [0.1, 0.15) is 12.0 Å². The number of hydrogen-bond donors (Lipinski definition) is 3. The van der Waals surface area contributed by atoms with E-state index >= 15 is 0 Å². The van der Waals surface area contributed by atoms with E-state index in [0.29, 0.717) is 0 Å². The third-order valence-corrected chi connectivity index (χ3v) is 2.10. The van der Waals surface area contributed by atoms with Crippen molar-refractivity contribution in [3.05, 3.63) is 23.8 Å². The van der Waals surface area contributed by atoms with Crippen LogP contribution in [0.2, 0.25) is 0 Å². The molecule has 1 heterocycles. The third-order valence-electron chi connectivity index (χ3n) is 2.10. The first-order chi connectivity index (χ1) is 5.75. The maximum absolute atomic E-state index is 9.25. The fourth-order valence-electron chi connectivity index (χ4n) is 1.46. The van der Waals surface area contributed by atoms with Crippen LogP contribution in [-0.4, -0.2) is 16.4 Å². The van der Waals surface area contributed by atoms with Crippen LogP contribution >= 0.6 is 0 Å². The highest BCUT2D eigenvalue weighted by Gasteiger charge is 2.14. The molecule has 0 radical (unpaired) electrons. The van der Waals surface area contributed by atoms with E-state index < -0.39 is 6.23 Å². The summed E-state index contributed by atoms with van der Waals surface area (Å²) in [7, 11) is 0. The van der Waals surface area contributed by atoms with Crippen LogP contribution in [0.3, 0.4) is 0 Å². The van der Waals surface area contributed by atoms with Crippen LogP contribution < -0.4 is 5.32 Å². The van der Waals surface area contributed by atoms with E-state index in [-0.39, 0.29) is 5.75 Å². The second-order valence-corrected chi connectivity index (χ2v) is 3.04. The summed E-state index contributed by atoms with van der Waals surface area (Å²) < 4.78 is 0. The summed E-state index contributed by atoms with van der Waals surface area (Å²) in [4.78, 5) is 0. The van der Waals surface area contributed by atoms with Crippen molar-refractivity contribution in [1.29, 1.82) is 0 Å². The molecule has 2 rings (SSSR count). The van der Waals surface area contributed by atoms with Crippen molar-refractivity contribution >= 4 is 5.69 Å². The number of aliphatic hydroxyl groups excluding tert-OH is 1. The van der Waals surface area contributed by atoms with Gasteiger partial charge in [0.25, 0.3) is 0 Å². The van der Waals surface area contributed by atoms with E-state index in [1.54, 1.807) is 12.1 Å². The fourth-order valence-corrected chi connectivity index (χ4v) is 1.46. The minimum absolute atomic E-state index is 0.232. The van der Waals surface area contributed by atoms with Crippen molar-refractivity contribution < 1.29 is 10.2 Å². The number of fused-ring (bicyclic) bond motifs is 1. The Morgan fingerprint density at radius 2 is 2.25 bits per heavy atom. The lowest BCUT2D eigenvalue weighted by Gasteiger charge is -2.22. The largest absolute Gasteiger partial charge is 0.508 e. The maximum atomic E-state index is 9.25. The van der Waals surface area contributed by atoms with Crippen LogP contribution in [0.15, 0.2) is 18.2 Å². The molecule has 3 nitrogen and oxygen atoms in total. The number of aryl methyl sites for hydroxylation is 1. The standard InChI is InChI=1S/C9H11NO2/c11-7-3-1-6-2-4-9(12)10-8(6)5-7/h1,3,5,9-12H,2,4H2. The molecule has 1 atom stereocenters. The van der Waals surface area contributed by atoms with Crippen molar-refractivity contribution in [2.45, 2.75) is 19.1 Å². The molecule has 12 heavy (non-hydrogen) atoms. The number of phenolic OH excluding ortho intramolecular Hbond substituents is 1. The van der Waals surface area contributed by atoms with Gasteiger partial charge in [-0.2, -0.15) is 0 Å². The van der Waals surface area contributed by atoms with Gasteiger partial charge in [-0.05, 0) is 24.5 Å². The molecule has 1 aromatic rings. The molecule has 1 aliphatic heterocycles. The molecule has 0 spiro atoms. The Labute approximate surface area is 70.7 Å². The van der Waals surface area contributed by atoms with Crippen LogP contribution in [-0.2, 0) is 6.42 Å². The van der Waals surface area contributed by atoms with Gasteiger partial charge < -0.3 is 15.5 Å². The summed E-state index contributed by atoms with van der Waals surface area (Å²) in [6, 6.07) is 5.18. The van der Waals surface area contributed by atoms with Crippen molar-refractivity contribution in [2.75, 3.05) is 5.32 Å². The van der Waals surface area contributed by atoms with Gasteiger partial charge in [0.15, 0.2) is 0 Å². The monoisotopic (exact) mass is 165 g/mol. The zero-order chi connectivity index (χ0) is 8.55. The first kappa shape index (κ1) is 7.43. The molecular weight excluding hydrogens is 154 g/mol. The number of nitrogens with one attached hydrogen (secondary N) is 1. The van der Waals surface area contributed by atoms with E-state index in [9.17, 15) is 5.11 Å². The number of rotatable bonds is 0. The highest BCUT2D eigenvalue weighted by atomic mass is 16.3. The highest BCUT2D eigenvalue weighted by Crippen LogP contribution is 2.27. The Bertz CT molecular complexity index is 299. The molecule has 0 saturated carbocycles. The average molecular weight is 165 g/mol. The number of anilines is 1. The molecule has 64 valence electrons.